The highest BCUT2D eigenvalue weighted by atomic mass is 32.1. The zero-order chi connectivity index (χ0) is 23.4. The first-order valence-electron chi connectivity index (χ1n) is 10.5. The molecule has 6 nitrogen and oxygen atoms in total. The number of nitrogens with one attached hydrogen (secondary N) is 2. The molecule has 0 radical (unpaired) electrons. The van der Waals surface area contributed by atoms with Gasteiger partial charge in [-0.05, 0) is 62.5 Å². The highest BCUT2D eigenvalue weighted by Crippen LogP contribution is 2.28. The van der Waals surface area contributed by atoms with Crippen LogP contribution in [-0.2, 0) is 0 Å². The zero-order valence-electron chi connectivity index (χ0n) is 18.2. The van der Waals surface area contributed by atoms with Gasteiger partial charge in [0.2, 0.25) is 0 Å². The summed E-state index contributed by atoms with van der Waals surface area (Å²) in [5.74, 6) is 0.392. The van der Waals surface area contributed by atoms with Crippen LogP contribution in [0.4, 0.5) is 5.69 Å². The Kier molecular flexibility index (Phi) is 6.51. The molecule has 0 fully saturated rings. The van der Waals surface area contributed by atoms with Crippen molar-refractivity contribution in [2.24, 2.45) is 0 Å². The van der Waals surface area contributed by atoms with Crippen LogP contribution in [0.5, 0.6) is 11.5 Å². The Morgan fingerprint density at radius 1 is 1.00 bits per heavy atom. The van der Waals surface area contributed by atoms with E-state index in [-0.39, 0.29) is 22.9 Å². The second-order valence-corrected chi connectivity index (χ2v) is 8.10. The summed E-state index contributed by atoms with van der Waals surface area (Å²) in [5.41, 5.74) is 3.02. The standard InChI is InChI=1S/C26H23N3O3S/c1-16(2)32-18-9-7-8-17(14-18)23-15-20(19-10-3-4-11-21(19)27-23)25(31)29-26(33)28-22-12-5-6-13-24(22)30/h3-16,30H,1-2H3,(H2,28,29,31,33). The van der Waals surface area contributed by atoms with Gasteiger partial charge in [-0.15, -0.1) is 0 Å². The normalized spacial score (nSPS) is 10.8. The van der Waals surface area contributed by atoms with Crippen molar-refractivity contribution in [3.05, 3.63) is 84.4 Å². The average molecular weight is 458 g/mol. The number of benzene rings is 3. The van der Waals surface area contributed by atoms with Gasteiger partial charge >= 0.3 is 0 Å². The number of anilines is 1. The Morgan fingerprint density at radius 2 is 1.76 bits per heavy atom. The van der Waals surface area contributed by atoms with Crippen LogP contribution in [0.2, 0.25) is 0 Å². The maximum absolute atomic E-state index is 13.2. The minimum Gasteiger partial charge on any atom is -0.506 e. The first-order chi connectivity index (χ1) is 15.9. The molecule has 4 aromatic rings. The molecule has 1 aromatic heterocycles. The van der Waals surface area contributed by atoms with Gasteiger partial charge in [0.1, 0.15) is 11.5 Å². The number of ether oxygens (including phenoxy) is 1. The lowest BCUT2D eigenvalue weighted by Gasteiger charge is -2.14. The summed E-state index contributed by atoms with van der Waals surface area (Å²) in [4.78, 5) is 17.9. The van der Waals surface area contributed by atoms with Crippen LogP contribution in [0.25, 0.3) is 22.2 Å². The highest BCUT2D eigenvalue weighted by molar-refractivity contribution is 7.80. The molecule has 33 heavy (non-hydrogen) atoms. The molecule has 3 N–H and O–H groups in total. The number of rotatable bonds is 5. The predicted molar refractivity (Wildman–Crippen MR) is 135 cm³/mol. The van der Waals surface area contributed by atoms with Gasteiger partial charge in [0, 0.05) is 10.9 Å². The number of aromatic hydroxyl groups is 1. The summed E-state index contributed by atoms with van der Waals surface area (Å²) < 4.78 is 5.81. The SMILES string of the molecule is CC(C)Oc1cccc(-c2cc(C(=O)NC(=S)Nc3ccccc3O)c3ccccc3n2)c1. The van der Waals surface area contributed by atoms with E-state index in [1.807, 2.05) is 62.4 Å². The number of hydrogen-bond donors (Lipinski definition) is 3. The molecule has 0 aliphatic carbocycles. The van der Waals surface area contributed by atoms with E-state index in [1.54, 1.807) is 24.3 Å². The molecule has 0 aliphatic heterocycles. The summed E-state index contributed by atoms with van der Waals surface area (Å²) in [6, 6.07) is 23.5. The average Bonchev–Trinajstić information content (AvgIpc) is 2.79. The van der Waals surface area contributed by atoms with Gasteiger partial charge in [-0.1, -0.05) is 42.5 Å². The maximum Gasteiger partial charge on any atom is 0.258 e. The molecule has 0 atom stereocenters. The molecule has 0 saturated heterocycles. The van der Waals surface area contributed by atoms with E-state index in [0.717, 1.165) is 11.3 Å². The van der Waals surface area contributed by atoms with E-state index in [1.165, 1.54) is 6.07 Å². The van der Waals surface area contributed by atoms with E-state index in [4.69, 9.17) is 21.9 Å². The Balaban J connectivity index is 1.66. The minimum atomic E-state index is -0.377. The number of phenols is 1. The Bertz CT molecular complexity index is 1340. The third kappa shape index (κ3) is 5.27. The number of pyridine rings is 1. The first-order valence-corrected chi connectivity index (χ1v) is 10.9. The van der Waals surface area contributed by atoms with E-state index in [0.29, 0.717) is 27.8 Å². The smallest absolute Gasteiger partial charge is 0.258 e. The van der Waals surface area contributed by atoms with Crippen LogP contribution in [0.3, 0.4) is 0 Å². The van der Waals surface area contributed by atoms with Crippen LogP contribution in [-0.4, -0.2) is 27.2 Å². The summed E-state index contributed by atoms with van der Waals surface area (Å²) in [7, 11) is 0. The van der Waals surface area contributed by atoms with E-state index in [9.17, 15) is 9.90 Å². The number of carbonyl (C=O) groups excluding carboxylic acids is 1. The molecule has 0 saturated carbocycles. The predicted octanol–water partition coefficient (Wildman–Crippen LogP) is 5.52. The van der Waals surface area contributed by atoms with Gasteiger partial charge < -0.3 is 15.2 Å². The molecule has 1 amide bonds. The number of hydrogen-bond acceptors (Lipinski definition) is 5. The molecular weight excluding hydrogens is 434 g/mol. The molecule has 166 valence electrons. The highest BCUT2D eigenvalue weighted by Gasteiger charge is 2.16. The van der Waals surface area contributed by atoms with Gasteiger partial charge in [0.05, 0.1) is 28.6 Å². The van der Waals surface area contributed by atoms with Crippen molar-refractivity contribution < 1.29 is 14.6 Å². The van der Waals surface area contributed by atoms with Crippen molar-refractivity contribution in [2.75, 3.05) is 5.32 Å². The minimum absolute atomic E-state index is 0.0363. The molecule has 0 spiro atoms. The van der Waals surface area contributed by atoms with E-state index >= 15 is 0 Å². The third-order valence-electron chi connectivity index (χ3n) is 4.84. The molecular formula is C26H23N3O3S. The number of fused-ring (bicyclic) bond motifs is 1. The van der Waals surface area contributed by atoms with Crippen molar-refractivity contribution in [1.29, 1.82) is 0 Å². The third-order valence-corrected chi connectivity index (χ3v) is 5.05. The van der Waals surface area contributed by atoms with Crippen molar-refractivity contribution >= 4 is 39.8 Å². The fraction of sp³-hybridized carbons (Fsp3) is 0.115. The Labute approximate surface area is 197 Å². The Hall–Kier alpha value is -3.97. The van der Waals surface area contributed by atoms with Gasteiger partial charge in [-0.25, -0.2) is 4.98 Å². The molecule has 4 rings (SSSR count). The number of carbonyl (C=O) groups is 1. The summed E-state index contributed by atoms with van der Waals surface area (Å²) in [6.07, 6.45) is 0.0451. The Morgan fingerprint density at radius 3 is 2.55 bits per heavy atom. The van der Waals surface area contributed by atoms with Crippen molar-refractivity contribution in [1.82, 2.24) is 10.3 Å². The molecule has 0 bridgehead atoms. The molecule has 1 heterocycles. The number of nitrogens with zero attached hydrogens (tertiary/aromatic N) is 1. The second kappa shape index (κ2) is 9.67. The molecule has 0 unspecified atom stereocenters. The first kappa shape index (κ1) is 22.2. The lowest BCUT2D eigenvalue weighted by Crippen LogP contribution is -2.34. The van der Waals surface area contributed by atoms with Crippen molar-refractivity contribution in [3.63, 3.8) is 0 Å². The molecule has 0 aliphatic rings. The zero-order valence-corrected chi connectivity index (χ0v) is 19.0. The largest absolute Gasteiger partial charge is 0.506 e. The quantitative estimate of drug-likeness (QED) is 0.270. The number of aromatic nitrogens is 1. The number of phenolic OH excluding ortho intramolecular Hbond substituents is 1. The topological polar surface area (TPSA) is 83.5 Å². The van der Waals surface area contributed by atoms with Gasteiger partial charge in [-0.2, -0.15) is 0 Å². The van der Waals surface area contributed by atoms with E-state index in [2.05, 4.69) is 10.6 Å². The fourth-order valence-corrected chi connectivity index (χ4v) is 3.62. The second-order valence-electron chi connectivity index (χ2n) is 7.69. The van der Waals surface area contributed by atoms with Gasteiger partial charge in [0.25, 0.3) is 5.91 Å². The lowest BCUT2D eigenvalue weighted by molar-refractivity contribution is 0.0979. The molecule has 3 aromatic carbocycles. The van der Waals surface area contributed by atoms with Crippen LogP contribution < -0.4 is 15.4 Å². The van der Waals surface area contributed by atoms with Crippen LogP contribution in [0.1, 0.15) is 24.2 Å². The van der Waals surface area contributed by atoms with Crippen LogP contribution in [0.15, 0.2) is 78.9 Å². The summed E-state index contributed by atoms with van der Waals surface area (Å²) in [5, 5.41) is 16.3. The monoisotopic (exact) mass is 457 g/mol. The fourth-order valence-electron chi connectivity index (χ4n) is 3.42. The number of thiocarbonyl (C=S) groups is 1. The summed E-state index contributed by atoms with van der Waals surface area (Å²) in [6.45, 7) is 3.94. The molecule has 7 heteroatoms. The van der Waals surface area contributed by atoms with Crippen molar-refractivity contribution in [2.45, 2.75) is 20.0 Å². The van der Waals surface area contributed by atoms with E-state index < -0.39 is 0 Å². The van der Waals surface area contributed by atoms with Crippen LogP contribution >= 0.6 is 12.2 Å². The van der Waals surface area contributed by atoms with Gasteiger partial charge in [0.15, 0.2) is 5.11 Å². The van der Waals surface area contributed by atoms with Crippen molar-refractivity contribution in [3.8, 4) is 22.8 Å². The maximum atomic E-state index is 13.2. The van der Waals surface area contributed by atoms with Crippen LogP contribution in [0, 0.1) is 0 Å². The number of amides is 1. The number of para-hydroxylation sites is 3. The van der Waals surface area contributed by atoms with Gasteiger partial charge in [-0.3, -0.25) is 10.1 Å². The lowest BCUT2D eigenvalue weighted by atomic mass is 10.0. The summed E-state index contributed by atoms with van der Waals surface area (Å²) >= 11 is 5.29.